The molecule has 2 nitrogen and oxygen atoms in total. The minimum atomic E-state index is -0.0825. The number of ether oxygens (including phenoxy) is 1. The van der Waals surface area contributed by atoms with Crippen molar-refractivity contribution in [3.05, 3.63) is 91.0 Å². The minimum absolute atomic E-state index is 0.0825. The molecule has 0 aliphatic heterocycles. The van der Waals surface area contributed by atoms with Crippen molar-refractivity contribution in [2.45, 2.75) is 0 Å². The first-order valence-electron chi connectivity index (χ1n) is 8.58. The van der Waals surface area contributed by atoms with E-state index in [1.165, 1.54) is 5.39 Å². The second-order valence-electron chi connectivity index (χ2n) is 6.39. The van der Waals surface area contributed by atoms with E-state index in [0.29, 0.717) is 16.9 Å². The molecule has 5 rings (SSSR count). The van der Waals surface area contributed by atoms with Crippen LogP contribution in [-0.4, -0.2) is 0 Å². The highest BCUT2D eigenvalue weighted by Crippen LogP contribution is 2.40. The van der Waals surface area contributed by atoms with Gasteiger partial charge in [0.05, 0.1) is 0 Å². The minimum Gasteiger partial charge on any atom is -0.453 e. The second kappa shape index (κ2) is 5.78. The third-order valence-electron chi connectivity index (χ3n) is 4.77. The molecule has 0 aliphatic rings. The molecule has 0 bridgehead atoms. The van der Waals surface area contributed by atoms with E-state index in [2.05, 4.69) is 30.3 Å². The summed E-state index contributed by atoms with van der Waals surface area (Å²) in [5.41, 5.74) is 0. The van der Waals surface area contributed by atoms with E-state index in [9.17, 15) is 5.11 Å². The van der Waals surface area contributed by atoms with Gasteiger partial charge in [-0.1, -0.05) is 66.7 Å². The van der Waals surface area contributed by atoms with Gasteiger partial charge in [0.2, 0.25) is 5.75 Å². The zero-order valence-electron chi connectivity index (χ0n) is 14.0. The largest absolute Gasteiger partial charge is 0.453 e. The molecular weight excluding hydrogens is 320 g/mol. The van der Waals surface area contributed by atoms with Crippen LogP contribution >= 0.6 is 0 Å². The Hall–Kier alpha value is -3.52. The number of rotatable bonds is 2. The van der Waals surface area contributed by atoms with Crippen LogP contribution in [-0.2, 0) is 5.11 Å². The molecule has 2 heteroatoms. The molecule has 5 aromatic carbocycles. The summed E-state index contributed by atoms with van der Waals surface area (Å²) in [6.07, 6.45) is 0. The molecular formula is C24H15O2. The molecule has 26 heavy (non-hydrogen) atoms. The molecule has 0 N–H and O–H groups in total. The van der Waals surface area contributed by atoms with Crippen LogP contribution in [0.15, 0.2) is 91.0 Å². The van der Waals surface area contributed by atoms with Gasteiger partial charge in [0.15, 0.2) is 5.75 Å². The van der Waals surface area contributed by atoms with Crippen molar-refractivity contribution in [2.24, 2.45) is 0 Å². The topological polar surface area (TPSA) is 29.1 Å². The molecule has 0 spiro atoms. The first-order valence-corrected chi connectivity index (χ1v) is 8.58. The van der Waals surface area contributed by atoms with Crippen LogP contribution in [0, 0.1) is 0 Å². The van der Waals surface area contributed by atoms with Crippen molar-refractivity contribution in [2.75, 3.05) is 0 Å². The Morgan fingerprint density at radius 1 is 0.500 bits per heavy atom. The van der Waals surface area contributed by atoms with Crippen LogP contribution in [0.4, 0.5) is 0 Å². The Kier molecular flexibility index (Phi) is 3.29. The molecule has 0 aliphatic carbocycles. The maximum Gasteiger partial charge on any atom is 0.228 e. The monoisotopic (exact) mass is 335 g/mol. The highest BCUT2D eigenvalue weighted by molar-refractivity contribution is 6.01. The fourth-order valence-electron chi connectivity index (χ4n) is 3.45. The molecule has 0 heterocycles. The second-order valence-corrected chi connectivity index (χ2v) is 6.39. The van der Waals surface area contributed by atoms with Gasteiger partial charge in [-0.15, -0.1) is 0 Å². The van der Waals surface area contributed by atoms with Crippen molar-refractivity contribution in [1.29, 1.82) is 0 Å². The van der Waals surface area contributed by atoms with Crippen LogP contribution < -0.4 is 4.74 Å². The van der Waals surface area contributed by atoms with E-state index in [0.717, 1.165) is 21.5 Å². The van der Waals surface area contributed by atoms with Crippen molar-refractivity contribution >= 4 is 32.3 Å². The Labute approximate surface area is 150 Å². The molecule has 0 unspecified atom stereocenters. The molecule has 0 saturated heterocycles. The van der Waals surface area contributed by atoms with Gasteiger partial charge >= 0.3 is 0 Å². The summed E-state index contributed by atoms with van der Waals surface area (Å²) in [4.78, 5) is 0. The summed E-state index contributed by atoms with van der Waals surface area (Å²) in [5.74, 6) is 0.964. The number of benzene rings is 5. The van der Waals surface area contributed by atoms with Crippen LogP contribution in [0.2, 0.25) is 0 Å². The van der Waals surface area contributed by atoms with Gasteiger partial charge in [-0.2, -0.15) is 0 Å². The molecule has 123 valence electrons. The van der Waals surface area contributed by atoms with Crippen molar-refractivity contribution in [1.82, 2.24) is 0 Å². The number of fused-ring (bicyclic) bond motifs is 3. The zero-order chi connectivity index (χ0) is 17.5. The van der Waals surface area contributed by atoms with Crippen molar-refractivity contribution < 1.29 is 9.84 Å². The predicted molar refractivity (Wildman–Crippen MR) is 106 cm³/mol. The van der Waals surface area contributed by atoms with Crippen LogP contribution in [0.25, 0.3) is 32.3 Å². The van der Waals surface area contributed by atoms with E-state index in [1.54, 1.807) is 6.07 Å². The molecule has 5 aromatic rings. The van der Waals surface area contributed by atoms with Crippen LogP contribution in [0.3, 0.4) is 0 Å². The molecule has 0 amide bonds. The first kappa shape index (κ1) is 14.8. The molecule has 0 aromatic heterocycles. The van der Waals surface area contributed by atoms with Crippen molar-refractivity contribution in [3.8, 4) is 17.2 Å². The van der Waals surface area contributed by atoms with Gasteiger partial charge in [-0.05, 0) is 45.8 Å². The quantitative estimate of drug-likeness (QED) is 0.317. The summed E-state index contributed by atoms with van der Waals surface area (Å²) in [6, 6.07) is 29.7. The Morgan fingerprint density at radius 2 is 1.19 bits per heavy atom. The Morgan fingerprint density at radius 3 is 2.04 bits per heavy atom. The van der Waals surface area contributed by atoms with E-state index < -0.39 is 0 Å². The lowest BCUT2D eigenvalue weighted by Gasteiger charge is -2.11. The van der Waals surface area contributed by atoms with Crippen molar-refractivity contribution in [3.63, 3.8) is 0 Å². The standard InChI is InChI=1S/C24H15O2/c25-24-20-10-4-3-6-16(20)12-13-23(24)26-22-11-5-9-19-14-17-7-1-2-8-18(17)15-21(19)22/h1-15H. The fourth-order valence-corrected chi connectivity index (χ4v) is 3.45. The summed E-state index contributed by atoms with van der Waals surface area (Å²) in [5, 5.41) is 18.8. The smallest absolute Gasteiger partial charge is 0.228 e. The average Bonchev–Trinajstić information content (AvgIpc) is 2.69. The number of hydrogen-bond acceptors (Lipinski definition) is 1. The summed E-state index contributed by atoms with van der Waals surface area (Å²) >= 11 is 0. The van der Waals surface area contributed by atoms with Gasteiger partial charge < -0.3 is 4.74 Å². The Bertz CT molecular complexity index is 1270. The van der Waals surface area contributed by atoms with Gasteiger partial charge in [-0.3, -0.25) is 5.11 Å². The average molecular weight is 335 g/mol. The highest BCUT2D eigenvalue weighted by Gasteiger charge is 2.12. The highest BCUT2D eigenvalue weighted by atomic mass is 16.5. The lowest BCUT2D eigenvalue weighted by molar-refractivity contribution is 0.335. The fraction of sp³-hybridized carbons (Fsp3) is 0. The normalized spacial score (nSPS) is 11.2. The third kappa shape index (κ3) is 2.35. The van der Waals surface area contributed by atoms with Crippen LogP contribution in [0.5, 0.6) is 17.2 Å². The maximum absolute atomic E-state index is 12.8. The lowest BCUT2D eigenvalue weighted by atomic mass is 10.0. The van der Waals surface area contributed by atoms with Gasteiger partial charge in [0, 0.05) is 10.8 Å². The van der Waals surface area contributed by atoms with Gasteiger partial charge in [-0.25, -0.2) is 0 Å². The molecule has 0 saturated carbocycles. The first-order chi connectivity index (χ1) is 12.8. The van der Waals surface area contributed by atoms with Crippen LogP contribution in [0.1, 0.15) is 0 Å². The summed E-state index contributed by atoms with van der Waals surface area (Å²) in [7, 11) is 0. The Balaban J connectivity index is 1.68. The summed E-state index contributed by atoms with van der Waals surface area (Å²) in [6.45, 7) is 0. The molecule has 0 atom stereocenters. The maximum atomic E-state index is 12.8. The van der Waals surface area contributed by atoms with E-state index >= 15 is 0 Å². The van der Waals surface area contributed by atoms with Gasteiger partial charge in [0.25, 0.3) is 0 Å². The summed E-state index contributed by atoms with van der Waals surface area (Å²) < 4.78 is 6.07. The van der Waals surface area contributed by atoms with E-state index in [4.69, 9.17) is 4.74 Å². The lowest BCUT2D eigenvalue weighted by Crippen LogP contribution is -1.87. The SMILES string of the molecule is [O]c1c(Oc2cccc3cc4ccccc4cc23)ccc2ccccc12. The van der Waals surface area contributed by atoms with Gasteiger partial charge in [0.1, 0.15) is 5.75 Å². The molecule has 0 fully saturated rings. The third-order valence-corrected chi connectivity index (χ3v) is 4.77. The number of hydrogen-bond donors (Lipinski definition) is 0. The molecule has 1 radical (unpaired) electrons. The van der Waals surface area contributed by atoms with E-state index in [-0.39, 0.29) is 5.75 Å². The zero-order valence-corrected chi connectivity index (χ0v) is 14.0. The predicted octanol–water partition coefficient (Wildman–Crippen LogP) is 7.08. The van der Waals surface area contributed by atoms with E-state index in [1.807, 2.05) is 54.6 Å².